The number of aliphatic imine (C=N–C) groups is 2. The molecule has 10 nitrogen and oxygen atoms in total. The van der Waals surface area contributed by atoms with Gasteiger partial charge in [0.05, 0.1) is 21.2 Å². The van der Waals surface area contributed by atoms with Crippen molar-refractivity contribution in [2.45, 2.75) is 9.79 Å². The fourth-order valence-corrected chi connectivity index (χ4v) is 3.59. The van der Waals surface area contributed by atoms with Crippen LogP contribution in [0.5, 0.6) is 11.5 Å². The van der Waals surface area contributed by atoms with Crippen LogP contribution in [0.15, 0.2) is 80.4 Å². The summed E-state index contributed by atoms with van der Waals surface area (Å²) in [6.45, 7) is 0. The maximum Gasteiger partial charge on any atom is 1.00 e. The number of hydrogen-bond donors (Lipinski definition) is 4. The van der Waals surface area contributed by atoms with Crippen LogP contribution in [0.1, 0.15) is 12.6 Å². The second kappa shape index (κ2) is 10.6. The Morgan fingerprint density at radius 2 is 1.03 bits per heavy atom. The Bertz CT molecular complexity index is 1350. The number of para-hydroxylation sites is 2. The van der Waals surface area contributed by atoms with E-state index in [1.54, 1.807) is 24.3 Å². The number of hydrogen-bond acceptors (Lipinski definition) is 8. The van der Waals surface area contributed by atoms with Crippen molar-refractivity contribution in [1.82, 2.24) is 0 Å². The topological polar surface area (TPSA) is 174 Å². The van der Waals surface area contributed by atoms with Gasteiger partial charge >= 0.3 is 29.6 Å². The molecule has 0 aliphatic heterocycles. The summed E-state index contributed by atoms with van der Waals surface area (Å²) in [6.07, 6.45) is 2.35. The summed E-state index contributed by atoms with van der Waals surface area (Å²) in [6, 6.07) is 12.8. The van der Waals surface area contributed by atoms with Crippen LogP contribution in [0, 0.1) is 0 Å². The smallest absolute Gasteiger partial charge is 1.00 e. The SMILES string of the molecule is O=S(=O)(O)c1ccc(O)c(C=Nc2ccccc2N=Cc2cc(S(=O)(=O)O)ccc2O)c1.[H-].[Na+]. The third-order valence-electron chi connectivity index (χ3n) is 4.16. The van der Waals surface area contributed by atoms with Crippen LogP contribution < -0.4 is 29.6 Å². The van der Waals surface area contributed by atoms with E-state index in [1.165, 1.54) is 12.4 Å². The minimum atomic E-state index is -4.47. The van der Waals surface area contributed by atoms with Crippen molar-refractivity contribution >= 4 is 44.0 Å². The second-order valence-electron chi connectivity index (χ2n) is 6.40. The van der Waals surface area contributed by atoms with Crippen molar-refractivity contribution in [2.24, 2.45) is 9.98 Å². The van der Waals surface area contributed by atoms with E-state index in [9.17, 15) is 27.0 Å². The van der Waals surface area contributed by atoms with E-state index in [0.29, 0.717) is 11.4 Å². The van der Waals surface area contributed by atoms with Gasteiger partial charge in [-0.2, -0.15) is 16.8 Å². The molecule has 13 heteroatoms. The molecule has 0 saturated heterocycles. The van der Waals surface area contributed by atoms with Crippen molar-refractivity contribution < 1.29 is 67.1 Å². The number of phenolic OH excluding ortho intramolecular Hbond substituents is 2. The van der Waals surface area contributed by atoms with E-state index in [-0.39, 0.29) is 53.6 Å². The maximum atomic E-state index is 11.3. The monoisotopic (exact) mass is 500 g/mol. The Morgan fingerprint density at radius 1 is 0.667 bits per heavy atom. The zero-order valence-corrected chi connectivity index (χ0v) is 20.7. The first-order valence-corrected chi connectivity index (χ1v) is 11.6. The molecule has 0 spiro atoms. The fourth-order valence-electron chi connectivity index (χ4n) is 2.55. The molecule has 3 aromatic carbocycles. The van der Waals surface area contributed by atoms with Gasteiger partial charge in [0.2, 0.25) is 0 Å². The molecule has 4 N–H and O–H groups in total. The number of benzene rings is 3. The minimum Gasteiger partial charge on any atom is -1.00 e. The van der Waals surface area contributed by atoms with Gasteiger partial charge in [0.15, 0.2) is 0 Å². The Morgan fingerprint density at radius 3 is 1.36 bits per heavy atom. The molecule has 3 aromatic rings. The van der Waals surface area contributed by atoms with Gasteiger partial charge < -0.3 is 11.6 Å². The first kappa shape index (κ1) is 26.7. The van der Waals surface area contributed by atoms with Gasteiger partial charge in [0.1, 0.15) is 11.5 Å². The number of aromatic hydroxyl groups is 2. The number of nitrogens with zero attached hydrogens (tertiary/aromatic N) is 2. The zero-order valence-electron chi connectivity index (χ0n) is 18.1. The second-order valence-corrected chi connectivity index (χ2v) is 9.24. The van der Waals surface area contributed by atoms with E-state index >= 15 is 0 Å². The maximum absolute atomic E-state index is 11.3. The summed E-state index contributed by atoms with van der Waals surface area (Å²) in [5.74, 6) is -0.539. The van der Waals surface area contributed by atoms with Crippen molar-refractivity contribution in [3.05, 3.63) is 71.8 Å². The van der Waals surface area contributed by atoms with E-state index < -0.39 is 30.0 Å². The minimum absolute atomic E-state index is 0. The Balaban J connectivity index is 0.00000289. The Kier molecular flexibility index (Phi) is 8.54. The predicted octanol–water partition coefficient (Wildman–Crippen LogP) is 0.209. The molecule has 0 aromatic heterocycles. The van der Waals surface area contributed by atoms with E-state index in [1.807, 2.05) is 0 Å². The molecule has 0 saturated carbocycles. The van der Waals surface area contributed by atoms with Crippen molar-refractivity contribution in [3.8, 4) is 11.5 Å². The van der Waals surface area contributed by atoms with Gasteiger partial charge in [-0.3, -0.25) is 19.1 Å². The van der Waals surface area contributed by atoms with E-state index in [2.05, 4.69) is 9.98 Å². The third-order valence-corrected chi connectivity index (χ3v) is 5.86. The molecule has 0 bridgehead atoms. The molecule has 0 unspecified atom stereocenters. The van der Waals surface area contributed by atoms with E-state index in [4.69, 9.17) is 9.11 Å². The first-order valence-electron chi connectivity index (χ1n) is 8.73. The summed E-state index contributed by atoms with van der Waals surface area (Å²) >= 11 is 0. The average molecular weight is 500 g/mol. The predicted molar refractivity (Wildman–Crippen MR) is 118 cm³/mol. The van der Waals surface area contributed by atoms with Crippen LogP contribution in [0.2, 0.25) is 0 Å². The van der Waals surface area contributed by atoms with Crippen molar-refractivity contribution in [1.29, 1.82) is 0 Å². The molecule has 3 rings (SSSR count). The van der Waals surface area contributed by atoms with E-state index in [0.717, 1.165) is 36.4 Å². The van der Waals surface area contributed by atoms with Gasteiger partial charge in [-0.25, -0.2) is 0 Å². The van der Waals surface area contributed by atoms with Crippen LogP contribution in [-0.4, -0.2) is 48.6 Å². The molecular formula is C20H17N2NaO8S2. The summed E-state index contributed by atoms with van der Waals surface area (Å²) in [7, 11) is -8.94. The summed E-state index contributed by atoms with van der Waals surface area (Å²) in [5.41, 5.74) is 0.645. The number of phenols is 2. The first-order chi connectivity index (χ1) is 14.9. The third kappa shape index (κ3) is 6.95. The van der Waals surface area contributed by atoms with Gasteiger partial charge in [-0.15, -0.1) is 0 Å². The molecule has 0 fully saturated rings. The van der Waals surface area contributed by atoms with Gasteiger partial charge in [-0.05, 0) is 48.5 Å². The molecular weight excluding hydrogens is 483 g/mol. The Hall–Kier alpha value is -2.58. The normalized spacial score (nSPS) is 12.2. The van der Waals surface area contributed by atoms with Gasteiger partial charge in [0.25, 0.3) is 20.2 Å². The van der Waals surface area contributed by atoms with Crippen LogP contribution in [0.25, 0.3) is 0 Å². The summed E-state index contributed by atoms with van der Waals surface area (Å²) in [4.78, 5) is 7.52. The molecule has 0 heterocycles. The van der Waals surface area contributed by atoms with Gasteiger partial charge in [0, 0.05) is 23.6 Å². The van der Waals surface area contributed by atoms with Gasteiger partial charge in [-0.1, -0.05) is 12.1 Å². The molecule has 0 aliphatic rings. The number of rotatable bonds is 6. The standard InChI is InChI=1S/C20H16N2O8S2.Na.H/c23-19-7-5-15(31(25,26)27)9-13(19)11-21-17-3-1-2-4-18(17)22-12-14-10-16(32(28,29)30)6-8-20(14)24;;/h1-12,23-24H,(H,25,26,27)(H,28,29,30);;/q;+1;-1. The van der Waals surface area contributed by atoms with Crippen molar-refractivity contribution in [3.63, 3.8) is 0 Å². The molecule has 0 aliphatic carbocycles. The molecule has 0 atom stereocenters. The molecule has 168 valence electrons. The molecule has 0 radical (unpaired) electrons. The Labute approximate surface area is 213 Å². The van der Waals surface area contributed by atoms with Crippen LogP contribution in [-0.2, 0) is 20.2 Å². The summed E-state index contributed by atoms with van der Waals surface area (Å²) in [5, 5.41) is 19.9. The van der Waals surface area contributed by atoms with Crippen LogP contribution >= 0.6 is 0 Å². The molecule has 0 amide bonds. The van der Waals surface area contributed by atoms with Crippen molar-refractivity contribution in [2.75, 3.05) is 0 Å². The summed E-state index contributed by atoms with van der Waals surface area (Å²) < 4.78 is 63.5. The zero-order chi connectivity index (χ0) is 23.5. The molecule has 33 heavy (non-hydrogen) atoms. The average Bonchev–Trinajstić information content (AvgIpc) is 2.71. The largest absolute Gasteiger partial charge is 1.00 e. The quantitative estimate of drug-likeness (QED) is 0.211. The fraction of sp³-hybridized carbons (Fsp3) is 0. The van der Waals surface area contributed by atoms with Crippen LogP contribution in [0.3, 0.4) is 0 Å². The van der Waals surface area contributed by atoms with Crippen LogP contribution in [0.4, 0.5) is 11.4 Å².